The Hall–Kier alpha value is -2.21. The molecule has 148 valence electrons. The first kappa shape index (κ1) is 21.1. The lowest BCUT2D eigenvalue weighted by molar-refractivity contribution is -0.128. The highest BCUT2D eigenvalue weighted by Gasteiger charge is 2.37. The molecule has 0 bridgehead atoms. The van der Waals surface area contributed by atoms with Crippen molar-refractivity contribution in [1.82, 2.24) is 10.6 Å². The van der Waals surface area contributed by atoms with Crippen molar-refractivity contribution in [3.05, 3.63) is 35.9 Å². The molecule has 2 amide bonds. The molecule has 1 heterocycles. The van der Waals surface area contributed by atoms with E-state index in [0.29, 0.717) is 17.9 Å². The van der Waals surface area contributed by atoms with Crippen LogP contribution in [0, 0.1) is 11.3 Å². The van der Waals surface area contributed by atoms with Gasteiger partial charge in [-0.05, 0) is 36.8 Å². The maximum Gasteiger partial charge on any atom is 0.251 e. The van der Waals surface area contributed by atoms with E-state index in [1.165, 1.54) is 0 Å². The van der Waals surface area contributed by atoms with E-state index in [1.54, 1.807) is 31.2 Å². The standard InChI is InChI=1S/C21H30N2O4/c1-13(2)21(4,5)11-16(22-19(25)15-9-7-6-8-10-15)20(26)23-18-14(3)27-12-17(18)24/h6-10,13-14,16,18H,11-12H2,1-5H3,(H,22,25)(H,23,26)/t14-,16?,18-/m0/s1. The molecule has 1 aromatic rings. The second-order valence-electron chi connectivity index (χ2n) is 8.21. The van der Waals surface area contributed by atoms with Crippen LogP contribution in [0.4, 0.5) is 0 Å². The summed E-state index contributed by atoms with van der Waals surface area (Å²) in [6, 6.07) is 7.38. The van der Waals surface area contributed by atoms with Gasteiger partial charge in [0.25, 0.3) is 5.91 Å². The SMILES string of the molecule is CC(C)C(C)(C)CC(NC(=O)c1ccccc1)C(=O)N[C@@H]1C(=O)CO[C@H]1C. The summed E-state index contributed by atoms with van der Waals surface area (Å²) in [5.74, 6) is -0.495. The summed E-state index contributed by atoms with van der Waals surface area (Å²) in [7, 11) is 0. The largest absolute Gasteiger partial charge is 0.368 e. The number of hydrogen-bond acceptors (Lipinski definition) is 4. The smallest absolute Gasteiger partial charge is 0.251 e. The van der Waals surface area contributed by atoms with Crippen LogP contribution in [-0.2, 0) is 14.3 Å². The van der Waals surface area contributed by atoms with Gasteiger partial charge in [-0.2, -0.15) is 0 Å². The minimum atomic E-state index is -0.740. The van der Waals surface area contributed by atoms with Crippen molar-refractivity contribution in [2.75, 3.05) is 6.61 Å². The third kappa shape index (κ3) is 5.39. The van der Waals surface area contributed by atoms with Crippen LogP contribution >= 0.6 is 0 Å². The topological polar surface area (TPSA) is 84.5 Å². The minimum absolute atomic E-state index is 0.00460. The predicted octanol–water partition coefficient (Wildman–Crippen LogP) is 2.33. The van der Waals surface area contributed by atoms with Crippen LogP contribution in [0.2, 0.25) is 0 Å². The van der Waals surface area contributed by atoms with Gasteiger partial charge in [0, 0.05) is 5.56 Å². The zero-order valence-electron chi connectivity index (χ0n) is 16.7. The van der Waals surface area contributed by atoms with Crippen LogP contribution < -0.4 is 10.6 Å². The Morgan fingerprint density at radius 3 is 2.37 bits per heavy atom. The number of rotatable bonds is 7. The van der Waals surface area contributed by atoms with Crippen LogP contribution in [-0.4, -0.2) is 42.4 Å². The maximum absolute atomic E-state index is 12.9. The van der Waals surface area contributed by atoms with Gasteiger partial charge in [-0.25, -0.2) is 0 Å². The Morgan fingerprint density at radius 1 is 1.22 bits per heavy atom. The average Bonchev–Trinajstić information content (AvgIpc) is 2.93. The second-order valence-corrected chi connectivity index (χ2v) is 8.21. The molecule has 0 radical (unpaired) electrons. The first-order chi connectivity index (χ1) is 12.6. The van der Waals surface area contributed by atoms with Crippen LogP contribution in [0.1, 0.15) is 51.4 Å². The molecular formula is C21H30N2O4. The molecular weight excluding hydrogens is 344 g/mol. The van der Waals surface area contributed by atoms with Crippen LogP contribution in [0.3, 0.4) is 0 Å². The number of nitrogens with one attached hydrogen (secondary N) is 2. The van der Waals surface area contributed by atoms with Gasteiger partial charge in [-0.15, -0.1) is 0 Å². The number of ether oxygens (including phenoxy) is 1. The molecule has 3 atom stereocenters. The highest BCUT2D eigenvalue weighted by atomic mass is 16.5. The maximum atomic E-state index is 12.9. The fourth-order valence-corrected chi connectivity index (χ4v) is 2.92. The lowest BCUT2D eigenvalue weighted by atomic mass is 9.76. The van der Waals surface area contributed by atoms with Gasteiger partial charge in [0.1, 0.15) is 18.7 Å². The highest BCUT2D eigenvalue weighted by molar-refractivity contribution is 5.98. The van der Waals surface area contributed by atoms with E-state index in [9.17, 15) is 14.4 Å². The van der Waals surface area contributed by atoms with Crippen molar-refractivity contribution in [1.29, 1.82) is 0 Å². The Labute approximate surface area is 161 Å². The van der Waals surface area contributed by atoms with Crippen molar-refractivity contribution in [2.24, 2.45) is 11.3 Å². The van der Waals surface area contributed by atoms with Crippen molar-refractivity contribution in [2.45, 2.75) is 59.2 Å². The number of benzene rings is 1. The van der Waals surface area contributed by atoms with Gasteiger partial charge in [-0.3, -0.25) is 14.4 Å². The Balaban J connectivity index is 2.17. The first-order valence-electron chi connectivity index (χ1n) is 9.42. The van der Waals surface area contributed by atoms with Crippen molar-refractivity contribution < 1.29 is 19.1 Å². The summed E-state index contributed by atoms with van der Waals surface area (Å²) < 4.78 is 5.30. The third-order valence-corrected chi connectivity index (χ3v) is 5.55. The van der Waals surface area contributed by atoms with Gasteiger partial charge in [-0.1, -0.05) is 45.9 Å². The average molecular weight is 374 g/mol. The van der Waals surface area contributed by atoms with E-state index < -0.39 is 12.1 Å². The number of hydrogen-bond donors (Lipinski definition) is 2. The Kier molecular flexibility index (Phi) is 6.76. The summed E-state index contributed by atoms with van der Waals surface area (Å²) in [6.45, 7) is 10.1. The van der Waals surface area contributed by atoms with Gasteiger partial charge in [0.15, 0.2) is 5.78 Å². The zero-order chi connectivity index (χ0) is 20.2. The quantitative estimate of drug-likeness (QED) is 0.767. The van der Waals surface area contributed by atoms with Crippen LogP contribution in [0.5, 0.6) is 0 Å². The van der Waals surface area contributed by atoms with Crippen LogP contribution in [0.15, 0.2) is 30.3 Å². The van der Waals surface area contributed by atoms with Crippen molar-refractivity contribution in [3.63, 3.8) is 0 Å². The normalized spacial score (nSPS) is 21.2. The van der Waals surface area contributed by atoms with Crippen molar-refractivity contribution >= 4 is 17.6 Å². The van der Waals surface area contributed by atoms with Crippen molar-refractivity contribution in [3.8, 4) is 0 Å². The second kappa shape index (κ2) is 8.65. The highest BCUT2D eigenvalue weighted by Crippen LogP contribution is 2.31. The molecule has 2 N–H and O–H groups in total. The molecule has 0 aromatic heterocycles. The zero-order valence-corrected chi connectivity index (χ0v) is 16.7. The van der Waals surface area contributed by atoms with E-state index in [0.717, 1.165) is 0 Å². The molecule has 1 aromatic carbocycles. The lowest BCUT2D eigenvalue weighted by Gasteiger charge is -2.33. The molecule has 27 heavy (non-hydrogen) atoms. The van der Waals surface area contributed by atoms with Gasteiger partial charge < -0.3 is 15.4 Å². The van der Waals surface area contributed by atoms with Gasteiger partial charge in [0.05, 0.1) is 6.10 Å². The fraction of sp³-hybridized carbons (Fsp3) is 0.571. The minimum Gasteiger partial charge on any atom is -0.368 e. The molecule has 1 saturated heterocycles. The number of carbonyl (C=O) groups is 3. The van der Waals surface area contributed by atoms with E-state index >= 15 is 0 Å². The molecule has 1 fully saturated rings. The van der Waals surface area contributed by atoms with Gasteiger partial charge >= 0.3 is 0 Å². The molecule has 6 heteroatoms. The first-order valence-corrected chi connectivity index (χ1v) is 9.42. The monoisotopic (exact) mass is 374 g/mol. The molecule has 1 aliphatic heterocycles. The molecule has 0 aliphatic carbocycles. The number of carbonyl (C=O) groups excluding carboxylic acids is 3. The van der Waals surface area contributed by atoms with Gasteiger partial charge in [0.2, 0.25) is 5.91 Å². The third-order valence-electron chi connectivity index (χ3n) is 5.55. The summed E-state index contributed by atoms with van der Waals surface area (Å²) in [5.41, 5.74) is 0.319. The van der Waals surface area contributed by atoms with E-state index in [1.807, 2.05) is 6.07 Å². The lowest BCUT2D eigenvalue weighted by Crippen LogP contribution is -2.54. The molecule has 2 rings (SSSR count). The Bertz CT molecular complexity index is 685. The van der Waals surface area contributed by atoms with E-state index in [2.05, 4.69) is 38.3 Å². The number of ketones is 1. The fourth-order valence-electron chi connectivity index (χ4n) is 2.92. The van der Waals surface area contributed by atoms with E-state index in [4.69, 9.17) is 4.74 Å². The molecule has 1 unspecified atom stereocenters. The summed E-state index contributed by atoms with van der Waals surface area (Å²) in [4.78, 5) is 37.5. The van der Waals surface area contributed by atoms with E-state index in [-0.39, 0.29) is 35.7 Å². The molecule has 6 nitrogen and oxygen atoms in total. The number of Topliss-reactive ketones (excluding diaryl/α,β-unsaturated/α-hetero) is 1. The molecule has 0 spiro atoms. The Morgan fingerprint density at radius 2 is 1.85 bits per heavy atom. The summed E-state index contributed by atoms with van der Waals surface area (Å²) in [5, 5.41) is 5.61. The molecule has 0 saturated carbocycles. The summed E-state index contributed by atoms with van der Waals surface area (Å²) in [6.07, 6.45) is 0.0932. The number of amides is 2. The predicted molar refractivity (Wildman–Crippen MR) is 103 cm³/mol. The summed E-state index contributed by atoms with van der Waals surface area (Å²) >= 11 is 0. The van der Waals surface area contributed by atoms with Crippen LogP contribution in [0.25, 0.3) is 0 Å². The molecule has 1 aliphatic rings.